The van der Waals surface area contributed by atoms with Crippen molar-refractivity contribution in [1.82, 2.24) is 24.6 Å². The number of anilines is 1. The van der Waals surface area contributed by atoms with Crippen molar-refractivity contribution in [3.8, 4) is 11.1 Å². The van der Waals surface area contributed by atoms with Crippen LogP contribution in [0.3, 0.4) is 0 Å². The number of likely N-dealkylation sites (tertiary alicyclic amines) is 1. The molecule has 7 heteroatoms. The quantitative estimate of drug-likeness (QED) is 0.789. The minimum atomic E-state index is -0.0651. The van der Waals surface area contributed by atoms with Crippen LogP contribution in [0.1, 0.15) is 12.8 Å². The smallest absolute Gasteiger partial charge is 0.240 e. The van der Waals surface area contributed by atoms with Crippen LogP contribution in [0.4, 0.5) is 5.95 Å². The number of carbonyl (C=O) groups excluding carboxylic acids is 1. The maximum atomic E-state index is 12.2. The van der Waals surface area contributed by atoms with Gasteiger partial charge in [0.25, 0.3) is 0 Å². The Hall–Kier alpha value is -2.80. The summed E-state index contributed by atoms with van der Waals surface area (Å²) in [5.41, 5.74) is 2.86. The Morgan fingerprint density at radius 2 is 2.04 bits per heavy atom. The van der Waals surface area contributed by atoms with Crippen LogP contribution in [0.5, 0.6) is 0 Å². The molecule has 7 nitrogen and oxygen atoms in total. The Labute approximate surface area is 145 Å². The van der Waals surface area contributed by atoms with Gasteiger partial charge in [-0.1, -0.05) is 12.1 Å². The normalized spacial score (nSPS) is 14.9. The second-order valence-electron chi connectivity index (χ2n) is 6.40. The van der Waals surface area contributed by atoms with E-state index in [9.17, 15) is 4.79 Å². The highest BCUT2D eigenvalue weighted by atomic mass is 16.2. The van der Waals surface area contributed by atoms with E-state index in [1.54, 1.807) is 10.9 Å². The lowest BCUT2D eigenvalue weighted by Crippen LogP contribution is -2.31. The summed E-state index contributed by atoms with van der Waals surface area (Å²) in [7, 11) is 1.89. The molecule has 2 aromatic heterocycles. The van der Waals surface area contributed by atoms with Crippen molar-refractivity contribution in [1.29, 1.82) is 0 Å². The number of fused-ring (bicyclic) bond motifs is 1. The van der Waals surface area contributed by atoms with Crippen molar-refractivity contribution in [2.45, 2.75) is 12.8 Å². The van der Waals surface area contributed by atoms with Crippen LogP contribution >= 0.6 is 0 Å². The lowest BCUT2D eigenvalue weighted by Gasteiger charge is -2.13. The molecule has 128 valence electrons. The second-order valence-corrected chi connectivity index (χ2v) is 6.40. The number of aromatic nitrogens is 4. The zero-order valence-corrected chi connectivity index (χ0v) is 14.1. The largest absolute Gasteiger partial charge is 0.295 e. The number of nitrogens with zero attached hydrogens (tertiary/aromatic N) is 5. The summed E-state index contributed by atoms with van der Waals surface area (Å²) in [6.45, 7) is 2.37. The van der Waals surface area contributed by atoms with Crippen molar-refractivity contribution in [3.05, 3.63) is 36.8 Å². The predicted molar refractivity (Wildman–Crippen MR) is 96.0 cm³/mol. The standard InChI is InChI=1S/C18H20N6O/c1-23-11-15(10-20-23)13-4-5-14-9-19-18(21-16(14)8-13)22-17(25)12-24-6-2-3-7-24/h4-5,8-11H,2-3,6-7,12H2,1H3,(H,19,21,22,25). The van der Waals surface area contributed by atoms with Gasteiger partial charge >= 0.3 is 0 Å². The van der Waals surface area contributed by atoms with Crippen LogP contribution in [0, 0.1) is 0 Å². The van der Waals surface area contributed by atoms with E-state index in [4.69, 9.17) is 0 Å². The maximum absolute atomic E-state index is 12.2. The van der Waals surface area contributed by atoms with Crippen LogP contribution < -0.4 is 5.32 Å². The van der Waals surface area contributed by atoms with Crippen LogP contribution in [-0.4, -0.2) is 50.2 Å². The molecule has 4 rings (SSSR count). The van der Waals surface area contributed by atoms with Gasteiger partial charge in [-0.2, -0.15) is 5.10 Å². The zero-order chi connectivity index (χ0) is 17.2. The van der Waals surface area contributed by atoms with Crippen molar-refractivity contribution in [3.63, 3.8) is 0 Å². The topological polar surface area (TPSA) is 75.9 Å². The molecule has 0 radical (unpaired) electrons. The first kappa shape index (κ1) is 15.7. The fraction of sp³-hybridized carbons (Fsp3) is 0.333. The fourth-order valence-electron chi connectivity index (χ4n) is 3.14. The predicted octanol–water partition coefficient (Wildman–Crippen LogP) is 2.06. The molecule has 1 N–H and O–H groups in total. The Balaban J connectivity index is 1.54. The monoisotopic (exact) mass is 336 g/mol. The van der Waals surface area contributed by atoms with E-state index in [0.717, 1.165) is 48.0 Å². The molecule has 1 aromatic carbocycles. The number of rotatable bonds is 4. The summed E-state index contributed by atoms with van der Waals surface area (Å²) in [6.07, 6.45) is 7.84. The molecule has 0 atom stereocenters. The fourth-order valence-corrected chi connectivity index (χ4v) is 3.14. The molecule has 0 aliphatic carbocycles. The third-order valence-corrected chi connectivity index (χ3v) is 4.44. The highest BCUT2D eigenvalue weighted by Crippen LogP contribution is 2.23. The van der Waals surface area contributed by atoms with Gasteiger partial charge in [-0.05, 0) is 37.6 Å². The molecular formula is C18H20N6O. The average Bonchev–Trinajstić information content (AvgIpc) is 3.26. The molecule has 1 fully saturated rings. The number of carbonyl (C=O) groups is 1. The van der Waals surface area contributed by atoms with E-state index < -0.39 is 0 Å². The summed E-state index contributed by atoms with van der Waals surface area (Å²) in [5, 5.41) is 7.94. The van der Waals surface area contributed by atoms with E-state index in [0.29, 0.717) is 12.5 Å². The van der Waals surface area contributed by atoms with Gasteiger partial charge in [0.2, 0.25) is 11.9 Å². The number of nitrogens with one attached hydrogen (secondary N) is 1. The molecule has 1 aliphatic rings. The Kier molecular flexibility index (Phi) is 4.15. The van der Waals surface area contributed by atoms with Crippen LogP contribution in [0.2, 0.25) is 0 Å². The first-order valence-electron chi connectivity index (χ1n) is 8.45. The summed E-state index contributed by atoms with van der Waals surface area (Å²) < 4.78 is 1.77. The molecule has 3 aromatic rings. The highest BCUT2D eigenvalue weighted by Gasteiger charge is 2.15. The minimum Gasteiger partial charge on any atom is -0.295 e. The molecule has 1 amide bonds. The van der Waals surface area contributed by atoms with Gasteiger partial charge < -0.3 is 0 Å². The molecule has 3 heterocycles. The van der Waals surface area contributed by atoms with E-state index in [-0.39, 0.29) is 5.91 Å². The molecule has 1 saturated heterocycles. The van der Waals surface area contributed by atoms with Crippen LogP contribution in [0.25, 0.3) is 22.0 Å². The van der Waals surface area contributed by atoms with Gasteiger partial charge in [-0.25, -0.2) is 9.97 Å². The lowest BCUT2D eigenvalue weighted by atomic mass is 10.1. The first-order chi connectivity index (χ1) is 12.2. The maximum Gasteiger partial charge on any atom is 0.240 e. The van der Waals surface area contributed by atoms with Crippen molar-refractivity contribution < 1.29 is 4.79 Å². The summed E-state index contributed by atoms with van der Waals surface area (Å²) in [4.78, 5) is 23.0. The summed E-state index contributed by atoms with van der Waals surface area (Å²) in [5.74, 6) is 0.282. The van der Waals surface area contributed by atoms with Gasteiger partial charge in [0.1, 0.15) is 0 Å². The lowest BCUT2D eigenvalue weighted by molar-refractivity contribution is -0.117. The molecule has 25 heavy (non-hydrogen) atoms. The molecule has 0 unspecified atom stereocenters. The van der Waals surface area contributed by atoms with E-state index in [1.807, 2.05) is 37.6 Å². The van der Waals surface area contributed by atoms with Gasteiger partial charge in [0.15, 0.2) is 0 Å². The molecular weight excluding hydrogens is 316 g/mol. The molecule has 0 bridgehead atoms. The first-order valence-corrected chi connectivity index (χ1v) is 8.45. The number of benzene rings is 1. The van der Waals surface area contributed by atoms with Gasteiger partial charge in [-0.15, -0.1) is 0 Å². The van der Waals surface area contributed by atoms with E-state index in [1.165, 1.54) is 0 Å². The number of amides is 1. The van der Waals surface area contributed by atoms with Gasteiger partial charge in [-0.3, -0.25) is 19.7 Å². The summed E-state index contributed by atoms with van der Waals surface area (Å²) >= 11 is 0. The zero-order valence-electron chi connectivity index (χ0n) is 14.1. The van der Waals surface area contributed by atoms with E-state index in [2.05, 4.69) is 25.3 Å². The average molecular weight is 336 g/mol. The molecule has 0 saturated carbocycles. The van der Waals surface area contributed by atoms with E-state index >= 15 is 0 Å². The third kappa shape index (κ3) is 3.51. The SMILES string of the molecule is Cn1cc(-c2ccc3cnc(NC(=O)CN4CCCC4)nc3c2)cn1. The molecule has 1 aliphatic heterocycles. The van der Waals surface area contributed by atoms with Crippen molar-refractivity contribution in [2.24, 2.45) is 7.05 Å². The Morgan fingerprint density at radius 3 is 2.80 bits per heavy atom. The number of hydrogen-bond acceptors (Lipinski definition) is 5. The Bertz CT molecular complexity index is 913. The Morgan fingerprint density at radius 1 is 1.20 bits per heavy atom. The van der Waals surface area contributed by atoms with Gasteiger partial charge in [0.05, 0.1) is 18.3 Å². The summed E-state index contributed by atoms with van der Waals surface area (Å²) in [6, 6.07) is 5.99. The number of aryl methyl sites for hydroxylation is 1. The van der Waals surface area contributed by atoms with Crippen LogP contribution in [-0.2, 0) is 11.8 Å². The van der Waals surface area contributed by atoms with Crippen molar-refractivity contribution in [2.75, 3.05) is 25.0 Å². The highest BCUT2D eigenvalue weighted by molar-refractivity contribution is 5.92. The number of hydrogen-bond donors (Lipinski definition) is 1. The minimum absolute atomic E-state index is 0.0651. The molecule has 0 spiro atoms. The van der Waals surface area contributed by atoms with Crippen molar-refractivity contribution >= 4 is 22.8 Å². The second kappa shape index (κ2) is 6.60. The third-order valence-electron chi connectivity index (χ3n) is 4.44. The van der Waals surface area contributed by atoms with Crippen LogP contribution in [0.15, 0.2) is 36.8 Å². The van der Waals surface area contributed by atoms with Gasteiger partial charge in [0, 0.05) is 30.4 Å².